The van der Waals surface area contributed by atoms with Crippen LogP contribution in [-0.2, 0) is 18.5 Å². The highest BCUT2D eigenvalue weighted by Crippen LogP contribution is 2.31. The summed E-state index contributed by atoms with van der Waals surface area (Å²) in [5.41, 5.74) is 1.04. The number of thioether (sulfide) groups is 1. The molecule has 0 aliphatic rings. The topological polar surface area (TPSA) is 44.1 Å². The van der Waals surface area contributed by atoms with Crippen LogP contribution in [0.1, 0.15) is 16.7 Å². The molecule has 0 atom stereocenters. The Bertz CT molecular complexity index is 1300. The number of fused-ring (bicyclic) bond motifs is 1. The quantitative estimate of drug-likeness (QED) is 0.273. The highest BCUT2D eigenvalue weighted by Gasteiger charge is 2.30. The third kappa shape index (κ3) is 4.80. The molecule has 4 rings (SSSR count). The van der Waals surface area contributed by atoms with E-state index in [0.29, 0.717) is 27.4 Å². The normalized spacial score (nSPS) is 11.6. The summed E-state index contributed by atoms with van der Waals surface area (Å²) >= 11 is 1.24. The van der Waals surface area contributed by atoms with Gasteiger partial charge in [-0.2, -0.15) is 13.2 Å². The van der Waals surface area contributed by atoms with Crippen molar-refractivity contribution in [1.29, 1.82) is 0 Å². The van der Waals surface area contributed by atoms with Crippen LogP contribution in [0.4, 0.5) is 13.2 Å². The molecule has 0 amide bonds. The monoisotopic (exact) mass is 456 g/mol. The largest absolute Gasteiger partial charge is 0.497 e. The highest BCUT2D eigenvalue weighted by atomic mass is 32.2. The Morgan fingerprint density at radius 1 is 0.969 bits per heavy atom. The molecular weight excluding hydrogens is 437 g/mol. The average molecular weight is 456 g/mol. The van der Waals surface area contributed by atoms with E-state index >= 15 is 0 Å². The molecule has 164 valence electrons. The summed E-state index contributed by atoms with van der Waals surface area (Å²) in [6, 6.07) is 19.6. The molecule has 0 radical (unpaired) electrons. The van der Waals surface area contributed by atoms with Crippen molar-refractivity contribution in [1.82, 2.24) is 9.55 Å². The van der Waals surface area contributed by atoms with E-state index in [2.05, 4.69) is 4.98 Å². The van der Waals surface area contributed by atoms with Gasteiger partial charge in [0.15, 0.2) is 5.16 Å². The Morgan fingerprint density at radius 3 is 2.44 bits per heavy atom. The molecule has 3 aromatic carbocycles. The molecule has 0 saturated heterocycles. The maximum Gasteiger partial charge on any atom is 0.416 e. The Balaban J connectivity index is 1.69. The predicted molar refractivity (Wildman–Crippen MR) is 119 cm³/mol. The predicted octanol–water partition coefficient (Wildman–Crippen LogP) is 5.76. The van der Waals surface area contributed by atoms with Crippen molar-refractivity contribution in [2.45, 2.75) is 23.6 Å². The number of nitrogens with zero attached hydrogens (tertiary/aromatic N) is 2. The van der Waals surface area contributed by atoms with Gasteiger partial charge in [-0.1, -0.05) is 54.2 Å². The minimum Gasteiger partial charge on any atom is -0.497 e. The molecule has 32 heavy (non-hydrogen) atoms. The second-order valence-corrected chi connectivity index (χ2v) is 8.08. The molecule has 0 bridgehead atoms. The van der Waals surface area contributed by atoms with Gasteiger partial charge in [0.05, 0.1) is 30.1 Å². The Hall–Kier alpha value is -3.26. The highest BCUT2D eigenvalue weighted by molar-refractivity contribution is 7.98. The van der Waals surface area contributed by atoms with E-state index in [0.717, 1.165) is 17.7 Å². The third-order valence-electron chi connectivity index (χ3n) is 4.95. The van der Waals surface area contributed by atoms with Gasteiger partial charge in [-0.3, -0.25) is 9.36 Å². The molecule has 0 saturated carbocycles. The van der Waals surface area contributed by atoms with Crippen LogP contribution < -0.4 is 10.3 Å². The van der Waals surface area contributed by atoms with E-state index in [1.165, 1.54) is 17.8 Å². The maximum absolute atomic E-state index is 13.2. The molecule has 0 spiro atoms. The van der Waals surface area contributed by atoms with Crippen LogP contribution in [0.5, 0.6) is 5.75 Å². The molecule has 1 heterocycles. The number of ether oxygens (including phenoxy) is 1. The fourth-order valence-electron chi connectivity index (χ4n) is 3.30. The average Bonchev–Trinajstić information content (AvgIpc) is 2.80. The van der Waals surface area contributed by atoms with Gasteiger partial charge < -0.3 is 4.74 Å². The van der Waals surface area contributed by atoms with Crippen molar-refractivity contribution < 1.29 is 17.9 Å². The SMILES string of the molecule is COc1ccc(Cn2c(SCc3cccc(C(F)(F)F)c3)nc3ccccc3c2=O)cc1. The summed E-state index contributed by atoms with van der Waals surface area (Å²) in [4.78, 5) is 17.8. The summed E-state index contributed by atoms with van der Waals surface area (Å²) in [6.07, 6.45) is -4.40. The summed E-state index contributed by atoms with van der Waals surface area (Å²) in [7, 11) is 1.58. The van der Waals surface area contributed by atoms with Gasteiger partial charge in [0.25, 0.3) is 5.56 Å². The van der Waals surface area contributed by atoms with Gasteiger partial charge in [0.1, 0.15) is 5.75 Å². The summed E-state index contributed by atoms with van der Waals surface area (Å²) < 4.78 is 45.9. The zero-order valence-corrected chi connectivity index (χ0v) is 17.9. The third-order valence-corrected chi connectivity index (χ3v) is 6.00. The fraction of sp³-hybridized carbons (Fsp3) is 0.167. The smallest absolute Gasteiger partial charge is 0.416 e. The Kier molecular flexibility index (Phi) is 6.23. The standard InChI is InChI=1S/C24H19F3N2O2S/c1-31-19-11-9-16(10-12-19)14-29-22(30)20-7-2-3-8-21(20)28-23(29)32-15-17-5-4-6-18(13-17)24(25,26)27/h2-13H,14-15H2,1H3. The van der Waals surface area contributed by atoms with Crippen LogP contribution in [0.15, 0.2) is 82.7 Å². The first-order valence-electron chi connectivity index (χ1n) is 9.76. The molecule has 8 heteroatoms. The number of rotatable bonds is 6. The Labute approximate surface area is 186 Å². The number of hydrogen-bond donors (Lipinski definition) is 0. The van der Waals surface area contributed by atoms with Crippen molar-refractivity contribution in [3.8, 4) is 5.75 Å². The summed E-state index contributed by atoms with van der Waals surface area (Å²) in [6.45, 7) is 0.283. The molecule has 4 aromatic rings. The first kappa shape index (κ1) is 22.0. The number of aromatic nitrogens is 2. The zero-order valence-electron chi connectivity index (χ0n) is 17.1. The number of hydrogen-bond acceptors (Lipinski definition) is 4. The number of para-hydroxylation sites is 1. The van der Waals surface area contributed by atoms with E-state index in [1.54, 1.807) is 42.0 Å². The van der Waals surface area contributed by atoms with Gasteiger partial charge in [-0.25, -0.2) is 4.98 Å². The first-order chi connectivity index (χ1) is 15.3. The van der Waals surface area contributed by atoms with Gasteiger partial charge >= 0.3 is 6.18 Å². The van der Waals surface area contributed by atoms with Gasteiger partial charge in [0, 0.05) is 5.75 Å². The molecule has 0 aliphatic heterocycles. The molecule has 1 aromatic heterocycles. The molecule has 4 nitrogen and oxygen atoms in total. The van der Waals surface area contributed by atoms with E-state index in [4.69, 9.17) is 4.74 Å². The van der Waals surface area contributed by atoms with Crippen LogP contribution in [0.2, 0.25) is 0 Å². The van der Waals surface area contributed by atoms with E-state index in [9.17, 15) is 18.0 Å². The van der Waals surface area contributed by atoms with E-state index in [1.807, 2.05) is 24.3 Å². The van der Waals surface area contributed by atoms with Crippen molar-refractivity contribution >= 4 is 22.7 Å². The minimum absolute atomic E-state index is 0.196. The van der Waals surface area contributed by atoms with Crippen molar-refractivity contribution in [3.05, 3.63) is 99.8 Å². The minimum atomic E-state index is -4.40. The van der Waals surface area contributed by atoms with E-state index < -0.39 is 11.7 Å². The van der Waals surface area contributed by atoms with E-state index in [-0.39, 0.29) is 17.9 Å². The molecule has 0 unspecified atom stereocenters. The van der Waals surface area contributed by atoms with Crippen molar-refractivity contribution in [2.75, 3.05) is 7.11 Å². The number of methoxy groups -OCH3 is 1. The fourth-order valence-corrected chi connectivity index (χ4v) is 4.24. The number of halogens is 3. The van der Waals surface area contributed by atoms with Crippen LogP contribution in [0, 0.1) is 0 Å². The Morgan fingerprint density at radius 2 is 1.72 bits per heavy atom. The number of alkyl halides is 3. The van der Waals surface area contributed by atoms with Crippen molar-refractivity contribution in [3.63, 3.8) is 0 Å². The lowest BCUT2D eigenvalue weighted by Gasteiger charge is -2.14. The molecular formula is C24H19F3N2O2S. The van der Waals surface area contributed by atoms with Crippen LogP contribution in [0.25, 0.3) is 10.9 Å². The lowest BCUT2D eigenvalue weighted by molar-refractivity contribution is -0.137. The number of benzene rings is 3. The van der Waals surface area contributed by atoms with Gasteiger partial charge in [-0.05, 0) is 41.5 Å². The summed E-state index contributed by atoms with van der Waals surface area (Å²) in [5.74, 6) is 0.953. The second kappa shape index (κ2) is 9.08. The maximum atomic E-state index is 13.2. The van der Waals surface area contributed by atoms with Gasteiger partial charge in [0.2, 0.25) is 0 Å². The van der Waals surface area contributed by atoms with Crippen LogP contribution in [0.3, 0.4) is 0 Å². The first-order valence-corrected chi connectivity index (χ1v) is 10.7. The lowest BCUT2D eigenvalue weighted by Crippen LogP contribution is -2.24. The molecule has 0 aliphatic carbocycles. The van der Waals surface area contributed by atoms with Crippen molar-refractivity contribution in [2.24, 2.45) is 0 Å². The van der Waals surface area contributed by atoms with Crippen LogP contribution >= 0.6 is 11.8 Å². The summed E-state index contributed by atoms with van der Waals surface area (Å²) in [5, 5.41) is 0.936. The van der Waals surface area contributed by atoms with Crippen LogP contribution in [-0.4, -0.2) is 16.7 Å². The molecule has 0 N–H and O–H groups in total. The molecule has 0 fully saturated rings. The van der Waals surface area contributed by atoms with Gasteiger partial charge in [-0.15, -0.1) is 0 Å². The zero-order chi connectivity index (χ0) is 22.7. The second-order valence-electron chi connectivity index (χ2n) is 7.14. The lowest BCUT2D eigenvalue weighted by atomic mass is 10.1.